The van der Waals surface area contributed by atoms with Crippen LogP contribution in [0, 0.1) is 0 Å². The third-order valence-corrected chi connectivity index (χ3v) is 21.4. The molecule has 1 aromatic heterocycles. The van der Waals surface area contributed by atoms with E-state index in [4.69, 9.17) is 42.0 Å². The van der Waals surface area contributed by atoms with Crippen LogP contribution in [0.5, 0.6) is 5.75 Å². The smallest absolute Gasteiger partial charge is 0.333 e. The first kappa shape index (κ1) is 50.8. The number of carbonyl (C=O) groups excluding carboxylic acids is 1. The molecule has 2 aliphatic rings. The lowest BCUT2D eigenvalue weighted by Crippen LogP contribution is -2.65. The van der Waals surface area contributed by atoms with E-state index in [1.165, 1.54) is 30.9 Å². The van der Waals surface area contributed by atoms with Crippen LogP contribution < -0.4 is 21.3 Å². The Morgan fingerprint density at radius 1 is 0.885 bits per heavy atom. The molecule has 2 saturated heterocycles. The molecule has 10 atom stereocenters. The average molecular weight is 898 g/mol. The van der Waals surface area contributed by atoms with Crippen LogP contribution in [0.25, 0.3) is 0 Å². The number of nitrogens with zero attached hydrogens (tertiary/aromatic N) is 2. The van der Waals surface area contributed by atoms with Gasteiger partial charge in [0.2, 0.25) is 5.91 Å². The number of amides is 1. The van der Waals surface area contributed by atoms with Crippen molar-refractivity contribution in [3.63, 3.8) is 0 Å². The molecule has 3 N–H and O–H groups in total. The van der Waals surface area contributed by atoms with Crippen molar-refractivity contribution in [3.05, 3.63) is 62.9 Å². The van der Waals surface area contributed by atoms with Gasteiger partial charge in [-0.25, -0.2) is 4.79 Å². The summed E-state index contributed by atoms with van der Waals surface area (Å²) in [5.41, 5.74) is -0.433. The predicted octanol–water partition coefficient (Wildman–Crippen LogP) is 3.74. The van der Waals surface area contributed by atoms with Crippen LogP contribution >= 0.6 is 0 Å². The molecule has 2 aromatic rings. The zero-order valence-electron chi connectivity index (χ0n) is 38.5. The molecule has 1 unspecified atom stereocenters. The van der Waals surface area contributed by atoms with Gasteiger partial charge in [0.1, 0.15) is 49.1 Å². The molecule has 4 rings (SSSR count). The van der Waals surface area contributed by atoms with Gasteiger partial charge in [-0.3, -0.25) is 18.7 Å². The molecule has 61 heavy (non-hydrogen) atoms. The summed E-state index contributed by atoms with van der Waals surface area (Å²) >= 11 is 0. The van der Waals surface area contributed by atoms with E-state index >= 15 is 0 Å². The molecular formula is C42H71N3O14Si2. The molecule has 1 aromatic carbocycles. The van der Waals surface area contributed by atoms with Crippen LogP contribution in [0.15, 0.2) is 46.1 Å². The number of rotatable bonds is 19. The molecule has 19 heteroatoms. The van der Waals surface area contributed by atoms with Gasteiger partial charge in [0.05, 0.1) is 39.1 Å². The van der Waals surface area contributed by atoms with Gasteiger partial charge in [-0.1, -0.05) is 53.7 Å². The van der Waals surface area contributed by atoms with Gasteiger partial charge >= 0.3 is 5.69 Å². The van der Waals surface area contributed by atoms with Gasteiger partial charge in [-0.2, -0.15) is 0 Å². The summed E-state index contributed by atoms with van der Waals surface area (Å²) in [5.74, 6) is 0.236. The summed E-state index contributed by atoms with van der Waals surface area (Å²) in [7, 11) is -0.855. The van der Waals surface area contributed by atoms with E-state index in [1.807, 2.05) is 0 Å². The fourth-order valence-corrected chi connectivity index (χ4v) is 9.46. The van der Waals surface area contributed by atoms with Crippen LogP contribution in [0.4, 0.5) is 0 Å². The van der Waals surface area contributed by atoms with Gasteiger partial charge in [-0.05, 0) is 54.0 Å². The Kier molecular flexibility index (Phi) is 17.3. The molecule has 0 aliphatic carbocycles. The lowest BCUT2D eigenvalue weighted by atomic mass is 9.91. The number of carbonyl (C=O) groups is 1. The zero-order chi connectivity index (χ0) is 45.7. The number of aliphatic hydroxyl groups is 2. The Morgan fingerprint density at radius 3 is 2.03 bits per heavy atom. The molecule has 0 radical (unpaired) electrons. The first-order valence-electron chi connectivity index (χ1n) is 20.8. The molecule has 0 saturated carbocycles. The standard InChI is InChI=1S/C42H71N3O14Si2/c1-26(46)43-32-35(55-25-54-22-21-51-8)33(49)30(56-39(32)53-10)23-29(47)34-36(58-60(11,12)41(2,3)4)37(59-61(13,14)42(5,6)7)38(57-34)44-20-19-31(48)45(40(44)50)24-27-15-17-28(52-9)18-16-27/h15-20,29-30,32-39,47,49H,21-25H2,1-14H3,(H,43,46)/t29?,30-,32-,33+,34+,35-,36+,37+,38+,39+/m0/s1. The molecule has 1 amide bonds. The van der Waals surface area contributed by atoms with Crippen LogP contribution in [-0.4, -0.2) is 138 Å². The van der Waals surface area contributed by atoms with Gasteiger partial charge in [0, 0.05) is 39.8 Å². The van der Waals surface area contributed by atoms with Crippen molar-refractivity contribution >= 4 is 22.5 Å². The van der Waals surface area contributed by atoms with Crippen LogP contribution in [0.3, 0.4) is 0 Å². The van der Waals surface area contributed by atoms with Crippen molar-refractivity contribution < 1.29 is 57.0 Å². The molecule has 17 nitrogen and oxygen atoms in total. The minimum atomic E-state index is -2.68. The number of benzene rings is 1. The number of hydrogen-bond acceptors (Lipinski definition) is 14. The SMILES string of the molecule is COCCOCO[C@@H]1[C@H](O)[C@H](CC(O)[C@H]2O[C@@H](n3ccc(=O)n(Cc4ccc(OC)cc4)c3=O)[C@H](O[Si](C)(C)C(C)(C)C)[C@@H]2O[Si](C)(C)C(C)(C)C)O[C@@H](OC)[C@H]1NC(C)=O. The molecule has 2 fully saturated rings. The van der Waals surface area contributed by atoms with Crippen molar-refractivity contribution in [2.45, 2.75) is 159 Å². The third kappa shape index (κ3) is 12.3. The van der Waals surface area contributed by atoms with Crippen molar-refractivity contribution in [2.24, 2.45) is 0 Å². The minimum Gasteiger partial charge on any atom is -0.497 e. The maximum Gasteiger partial charge on any atom is 0.333 e. The van der Waals surface area contributed by atoms with Crippen molar-refractivity contribution in [1.82, 2.24) is 14.5 Å². The van der Waals surface area contributed by atoms with Gasteiger partial charge in [0.25, 0.3) is 5.56 Å². The second-order valence-corrected chi connectivity index (χ2v) is 28.4. The van der Waals surface area contributed by atoms with E-state index < -0.39 is 95.1 Å². The summed E-state index contributed by atoms with van der Waals surface area (Å²) in [6.45, 7) is 22.6. The fraction of sp³-hybridized carbons (Fsp3) is 0.738. The Hall–Kier alpha value is -2.80. The van der Waals surface area contributed by atoms with Crippen molar-refractivity contribution in [2.75, 3.05) is 41.3 Å². The second kappa shape index (κ2) is 20.8. The summed E-state index contributed by atoms with van der Waals surface area (Å²) in [6.07, 6.45) is -8.92. The molecule has 0 bridgehead atoms. The number of methoxy groups -OCH3 is 3. The Morgan fingerprint density at radius 2 is 1.49 bits per heavy atom. The highest BCUT2D eigenvalue weighted by Crippen LogP contribution is 2.46. The lowest BCUT2D eigenvalue weighted by molar-refractivity contribution is -0.280. The molecule has 2 aliphatic heterocycles. The number of aliphatic hydroxyl groups excluding tert-OH is 2. The number of aromatic nitrogens is 2. The third-order valence-electron chi connectivity index (χ3n) is 12.5. The quantitative estimate of drug-likeness (QED) is 0.105. The Labute approximate surface area is 362 Å². The van der Waals surface area contributed by atoms with Gasteiger partial charge < -0.3 is 57.5 Å². The predicted molar refractivity (Wildman–Crippen MR) is 233 cm³/mol. The first-order valence-corrected chi connectivity index (χ1v) is 26.6. The van der Waals surface area contributed by atoms with Crippen LogP contribution in [0.2, 0.25) is 36.3 Å². The molecule has 0 spiro atoms. The maximum absolute atomic E-state index is 14.5. The van der Waals surface area contributed by atoms with E-state index in [0.717, 1.165) is 4.57 Å². The highest BCUT2D eigenvalue weighted by atomic mass is 28.4. The fourth-order valence-electron chi connectivity index (χ4n) is 6.88. The highest BCUT2D eigenvalue weighted by molar-refractivity contribution is 6.74. The van der Waals surface area contributed by atoms with Crippen LogP contribution in [-0.2, 0) is 48.6 Å². The van der Waals surface area contributed by atoms with E-state index in [1.54, 1.807) is 38.5 Å². The van der Waals surface area contributed by atoms with E-state index in [-0.39, 0.29) is 36.4 Å². The highest BCUT2D eigenvalue weighted by Gasteiger charge is 2.57. The lowest BCUT2D eigenvalue weighted by Gasteiger charge is -2.45. The second-order valence-electron chi connectivity index (χ2n) is 18.9. The van der Waals surface area contributed by atoms with Crippen LogP contribution in [0.1, 0.15) is 66.7 Å². The molecular weight excluding hydrogens is 827 g/mol. The monoisotopic (exact) mass is 897 g/mol. The summed E-state index contributed by atoms with van der Waals surface area (Å²) in [4.78, 5) is 40.1. The Balaban J connectivity index is 1.81. The summed E-state index contributed by atoms with van der Waals surface area (Å²) in [5, 5.41) is 26.4. The minimum absolute atomic E-state index is 0.0172. The zero-order valence-corrected chi connectivity index (χ0v) is 40.5. The normalized spacial score (nSPS) is 26.9. The van der Waals surface area contributed by atoms with E-state index in [0.29, 0.717) is 17.9 Å². The van der Waals surface area contributed by atoms with Gasteiger partial charge in [-0.15, -0.1) is 0 Å². The number of ether oxygens (including phenoxy) is 7. The number of hydrogen-bond donors (Lipinski definition) is 3. The van der Waals surface area contributed by atoms with E-state index in [2.05, 4.69) is 73.0 Å². The van der Waals surface area contributed by atoms with E-state index in [9.17, 15) is 24.6 Å². The molecule has 3 heterocycles. The maximum atomic E-state index is 14.5. The first-order chi connectivity index (χ1) is 28.4. The summed E-state index contributed by atoms with van der Waals surface area (Å²) < 4.78 is 57.4. The Bertz CT molecular complexity index is 1840. The van der Waals surface area contributed by atoms with Crippen molar-refractivity contribution in [1.29, 1.82) is 0 Å². The largest absolute Gasteiger partial charge is 0.497 e. The number of nitrogens with one attached hydrogen (secondary N) is 1. The van der Waals surface area contributed by atoms with Gasteiger partial charge in [0.15, 0.2) is 29.2 Å². The average Bonchev–Trinajstić information content (AvgIpc) is 3.50. The summed E-state index contributed by atoms with van der Waals surface area (Å²) in [6, 6.07) is 7.46. The van der Waals surface area contributed by atoms with Crippen molar-refractivity contribution in [3.8, 4) is 5.75 Å². The topological polar surface area (TPSA) is 197 Å². The molecule has 346 valence electrons.